The van der Waals surface area contributed by atoms with E-state index in [4.69, 9.17) is 0 Å². The predicted octanol–water partition coefficient (Wildman–Crippen LogP) is 4.18. The zero-order valence-electron chi connectivity index (χ0n) is 10.5. The Labute approximate surface area is 112 Å². The smallest absolute Gasteiger partial charge is 0.142 e. The number of carbonyl (C=O) groups excluding carboxylic acids is 1. The second-order valence-corrected chi connectivity index (χ2v) is 5.37. The Balaban J connectivity index is 2.08. The van der Waals surface area contributed by atoms with Crippen LogP contribution in [0.25, 0.3) is 22.9 Å². The summed E-state index contributed by atoms with van der Waals surface area (Å²) < 4.78 is 0. The van der Waals surface area contributed by atoms with Gasteiger partial charge in [0.05, 0.1) is 0 Å². The van der Waals surface area contributed by atoms with E-state index in [1.165, 1.54) is 33.9 Å². The summed E-state index contributed by atoms with van der Waals surface area (Å²) in [5.41, 5.74) is 3.99. The highest BCUT2D eigenvalue weighted by Crippen LogP contribution is 2.54. The largest absolute Gasteiger partial charge is 0.299 e. The average Bonchev–Trinajstić information content (AvgIpc) is 3.23. The Morgan fingerprint density at radius 1 is 1.21 bits per heavy atom. The lowest BCUT2D eigenvalue weighted by Gasteiger charge is -2.16. The minimum Gasteiger partial charge on any atom is -0.299 e. The van der Waals surface area contributed by atoms with Gasteiger partial charge >= 0.3 is 0 Å². The van der Waals surface area contributed by atoms with Crippen LogP contribution >= 0.6 is 0 Å². The van der Waals surface area contributed by atoms with E-state index in [2.05, 4.69) is 42.5 Å². The van der Waals surface area contributed by atoms with Crippen LogP contribution in [0.2, 0.25) is 0 Å². The molecule has 0 aromatic heterocycles. The van der Waals surface area contributed by atoms with E-state index in [0.717, 1.165) is 12.2 Å². The maximum atomic E-state index is 10.7. The number of carbonyl (C=O) groups is 1. The van der Waals surface area contributed by atoms with E-state index in [1.54, 1.807) is 6.08 Å². The molecule has 0 aliphatic heterocycles. The van der Waals surface area contributed by atoms with Crippen molar-refractivity contribution >= 4 is 29.2 Å². The third-order valence-corrected chi connectivity index (χ3v) is 4.24. The standard InChI is InChI=1S/C18H14O/c19-9-3-6-16-15-5-2-1-4-12(15)10-14-8-7-13-11-17(13)18(14)16/h1-10,13,17H,11H2/b6-3+. The van der Waals surface area contributed by atoms with Crippen LogP contribution in [-0.4, -0.2) is 6.29 Å². The van der Waals surface area contributed by atoms with Gasteiger partial charge in [-0.05, 0) is 57.9 Å². The molecule has 4 rings (SSSR count). The van der Waals surface area contributed by atoms with E-state index < -0.39 is 0 Å². The minimum absolute atomic E-state index is 0.663. The summed E-state index contributed by atoms with van der Waals surface area (Å²) in [5.74, 6) is 1.38. The van der Waals surface area contributed by atoms with Gasteiger partial charge in [-0.2, -0.15) is 0 Å². The highest BCUT2D eigenvalue weighted by Gasteiger charge is 2.40. The summed E-state index contributed by atoms with van der Waals surface area (Å²) in [7, 11) is 0. The van der Waals surface area contributed by atoms with Crippen LogP contribution in [0.4, 0.5) is 0 Å². The van der Waals surface area contributed by atoms with Crippen molar-refractivity contribution in [3.05, 3.63) is 59.2 Å². The number of aldehydes is 1. The zero-order chi connectivity index (χ0) is 12.8. The summed E-state index contributed by atoms with van der Waals surface area (Å²) in [5, 5.41) is 2.50. The molecule has 0 heterocycles. The number of rotatable bonds is 2. The monoisotopic (exact) mass is 246 g/mol. The molecule has 2 unspecified atom stereocenters. The van der Waals surface area contributed by atoms with Crippen molar-refractivity contribution in [1.82, 2.24) is 0 Å². The van der Waals surface area contributed by atoms with Gasteiger partial charge in [-0.1, -0.05) is 42.5 Å². The molecular weight excluding hydrogens is 232 g/mol. The van der Waals surface area contributed by atoms with Gasteiger partial charge in [0.2, 0.25) is 0 Å². The Morgan fingerprint density at radius 2 is 2.11 bits per heavy atom. The highest BCUT2D eigenvalue weighted by molar-refractivity contribution is 5.96. The molecule has 0 bridgehead atoms. The van der Waals surface area contributed by atoms with Crippen LogP contribution < -0.4 is 0 Å². The van der Waals surface area contributed by atoms with Gasteiger partial charge in [-0.25, -0.2) is 0 Å². The molecular formula is C18H14O. The van der Waals surface area contributed by atoms with Crippen LogP contribution in [0.15, 0.2) is 42.5 Å². The summed E-state index contributed by atoms with van der Waals surface area (Å²) in [4.78, 5) is 10.7. The molecule has 0 amide bonds. The fourth-order valence-corrected chi connectivity index (χ4v) is 3.27. The van der Waals surface area contributed by atoms with Crippen LogP contribution in [0.5, 0.6) is 0 Å². The topological polar surface area (TPSA) is 17.1 Å². The van der Waals surface area contributed by atoms with Crippen LogP contribution in [0.3, 0.4) is 0 Å². The van der Waals surface area contributed by atoms with Crippen molar-refractivity contribution < 1.29 is 4.79 Å². The van der Waals surface area contributed by atoms with Gasteiger partial charge < -0.3 is 0 Å². The summed E-state index contributed by atoms with van der Waals surface area (Å²) in [6, 6.07) is 10.7. The third-order valence-electron chi connectivity index (χ3n) is 4.24. The highest BCUT2D eigenvalue weighted by atomic mass is 16.1. The quantitative estimate of drug-likeness (QED) is 0.574. The second kappa shape index (κ2) is 3.92. The van der Waals surface area contributed by atoms with Gasteiger partial charge in [-0.3, -0.25) is 4.79 Å². The number of allylic oxidation sites excluding steroid dienone is 2. The van der Waals surface area contributed by atoms with Gasteiger partial charge in [0, 0.05) is 0 Å². The predicted molar refractivity (Wildman–Crippen MR) is 78.9 cm³/mol. The van der Waals surface area contributed by atoms with Crippen LogP contribution in [0.1, 0.15) is 29.0 Å². The molecule has 0 N–H and O–H groups in total. The first-order valence-corrected chi connectivity index (χ1v) is 6.74. The van der Waals surface area contributed by atoms with E-state index in [0.29, 0.717) is 5.92 Å². The van der Waals surface area contributed by atoms with E-state index in [-0.39, 0.29) is 0 Å². The minimum atomic E-state index is 0.663. The molecule has 92 valence electrons. The average molecular weight is 246 g/mol. The fourth-order valence-electron chi connectivity index (χ4n) is 3.27. The molecule has 2 aliphatic carbocycles. The first-order chi connectivity index (χ1) is 9.38. The number of hydrogen-bond donors (Lipinski definition) is 0. The van der Waals surface area contributed by atoms with Gasteiger partial charge in [0.25, 0.3) is 0 Å². The first-order valence-electron chi connectivity index (χ1n) is 6.74. The lowest BCUT2D eigenvalue weighted by Crippen LogP contribution is -1.97. The lowest BCUT2D eigenvalue weighted by atomic mass is 9.88. The Hall–Kier alpha value is -2.15. The molecule has 1 heteroatoms. The molecule has 0 saturated heterocycles. The van der Waals surface area contributed by atoms with Gasteiger partial charge in [0.15, 0.2) is 0 Å². The molecule has 0 radical (unpaired) electrons. The summed E-state index contributed by atoms with van der Waals surface area (Å²) in [6.07, 6.45) is 10.3. The first kappa shape index (κ1) is 10.7. The molecule has 2 aromatic rings. The number of hydrogen-bond acceptors (Lipinski definition) is 1. The van der Waals surface area contributed by atoms with Crippen molar-refractivity contribution in [2.45, 2.75) is 12.3 Å². The molecule has 1 saturated carbocycles. The van der Waals surface area contributed by atoms with E-state index in [9.17, 15) is 4.79 Å². The molecule has 2 aliphatic rings. The maximum absolute atomic E-state index is 10.7. The Morgan fingerprint density at radius 3 is 3.00 bits per heavy atom. The van der Waals surface area contributed by atoms with E-state index in [1.807, 2.05) is 6.08 Å². The molecule has 0 spiro atoms. The molecule has 1 fully saturated rings. The normalized spacial score (nSPS) is 23.4. The van der Waals surface area contributed by atoms with Crippen molar-refractivity contribution in [2.24, 2.45) is 5.92 Å². The third kappa shape index (κ3) is 1.58. The fraction of sp³-hybridized carbons (Fsp3) is 0.167. The van der Waals surface area contributed by atoms with Crippen molar-refractivity contribution in [1.29, 1.82) is 0 Å². The van der Waals surface area contributed by atoms with Gasteiger partial charge in [-0.15, -0.1) is 0 Å². The molecule has 1 nitrogen and oxygen atoms in total. The zero-order valence-corrected chi connectivity index (χ0v) is 10.5. The van der Waals surface area contributed by atoms with Crippen LogP contribution in [0, 0.1) is 5.92 Å². The summed E-state index contributed by atoms with van der Waals surface area (Å²) in [6.45, 7) is 0. The SMILES string of the molecule is O=C/C=C/c1c2c(cc3ccccc13)C=CC1CC21. The van der Waals surface area contributed by atoms with Crippen LogP contribution in [-0.2, 0) is 4.79 Å². The number of fused-ring (bicyclic) bond motifs is 4. The van der Waals surface area contributed by atoms with E-state index >= 15 is 0 Å². The van der Waals surface area contributed by atoms with Gasteiger partial charge in [0.1, 0.15) is 6.29 Å². The lowest BCUT2D eigenvalue weighted by molar-refractivity contribution is -0.104. The van der Waals surface area contributed by atoms with Crippen molar-refractivity contribution in [3.8, 4) is 0 Å². The molecule has 19 heavy (non-hydrogen) atoms. The second-order valence-electron chi connectivity index (χ2n) is 5.37. The maximum Gasteiger partial charge on any atom is 0.142 e. The van der Waals surface area contributed by atoms with Crippen molar-refractivity contribution in [3.63, 3.8) is 0 Å². The summed E-state index contributed by atoms with van der Waals surface area (Å²) >= 11 is 0. The Kier molecular flexibility index (Phi) is 2.22. The molecule has 2 atom stereocenters. The van der Waals surface area contributed by atoms with Crippen molar-refractivity contribution in [2.75, 3.05) is 0 Å². The Bertz CT molecular complexity index is 737. The molecule has 2 aromatic carbocycles. The number of benzene rings is 2.